The van der Waals surface area contributed by atoms with Crippen molar-refractivity contribution in [3.8, 4) is 0 Å². The van der Waals surface area contributed by atoms with Crippen molar-refractivity contribution in [2.45, 2.75) is 78.6 Å². The van der Waals surface area contributed by atoms with Crippen LogP contribution >= 0.6 is 0 Å². The number of rotatable bonds is 5. The average Bonchev–Trinajstić information content (AvgIpc) is 3.37. The van der Waals surface area contributed by atoms with Crippen molar-refractivity contribution in [1.82, 2.24) is 4.90 Å². The summed E-state index contributed by atoms with van der Waals surface area (Å²) in [6.07, 6.45) is -11.9. The number of likely N-dealkylation sites (tertiary alicyclic amines) is 1. The van der Waals surface area contributed by atoms with Crippen LogP contribution in [0.3, 0.4) is 0 Å². The standard InChI is InChI=1S/C29H28F7NO6S/c30-20-7-9-21(10-8-20)44(42,43)26-13-14-37(24(38)16-1-3-17(4-2-16)25(39)40)23(26)12-5-18-15-19(6-11-22(18)26)27(41,28(31,32)33)29(34,35)36/h6-11,15-17,23,41H,1-5,12-14H2,(H,39,40)/t16-,17-,23-,26-/m1/s1. The van der Waals surface area contributed by atoms with E-state index in [0.29, 0.717) is 12.1 Å². The van der Waals surface area contributed by atoms with Crippen molar-refractivity contribution in [2.24, 2.45) is 11.8 Å². The van der Waals surface area contributed by atoms with Gasteiger partial charge in [-0.15, -0.1) is 0 Å². The van der Waals surface area contributed by atoms with Gasteiger partial charge in [-0.2, -0.15) is 26.3 Å². The van der Waals surface area contributed by atoms with E-state index in [9.17, 15) is 59.0 Å². The first-order valence-electron chi connectivity index (χ1n) is 13.9. The van der Waals surface area contributed by atoms with E-state index in [1.807, 2.05) is 0 Å². The number of carbonyl (C=O) groups excluding carboxylic acids is 1. The molecule has 0 radical (unpaired) electrons. The maximum absolute atomic E-state index is 14.4. The number of benzene rings is 2. The first kappa shape index (κ1) is 32.2. The Morgan fingerprint density at radius 2 is 1.43 bits per heavy atom. The van der Waals surface area contributed by atoms with Gasteiger partial charge in [-0.3, -0.25) is 9.59 Å². The second-order valence-electron chi connectivity index (χ2n) is 11.6. The molecule has 1 saturated carbocycles. The summed E-state index contributed by atoms with van der Waals surface area (Å²) in [5.74, 6) is -3.33. The highest BCUT2D eigenvalue weighted by molar-refractivity contribution is 7.92. The molecule has 5 rings (SSSR count). The second kappa shape index (κ2) is 10.7. The monoisotopic (exact) mass is 651 g/mol. The number of aliphatic carboxylic acids is 1. The normalized spacial score (nSPS) is 26.2. The lowest BCUT2D eigenvalue weighted by Gasteiger charge is -2.44. The van der Waals surface area contributed by atoms with E-state index >= 15 is 0 Å². The molecule has 1 heterocycles. The van der Waals surface area contributed by atoms with E-state index in [1.54, 1.807) is 0 Å². The molecule has 1 saturated heterocycles. The molecular formula is C29H28F7NO6S. The molecule has 7 nitrogen and oxygen atoms in total. The lowest BCUT2D eigenvalue weighted by molar-refractivity contribution is -0.376. The van der Waals surface area contributed by atoms with Crippen LogP contribution in [0.2, 0.25) is 0 Å². The first-order chi connectivity index (χ1) is 20.4. The van der Waals surface area contributed by atoms with Crippen molar-refractivity contribution < 1.29 is 59.0 Å². The number of halogens is 7. The third kappa shape index (κ3) is 4.77. The minimum Gasteiger partial charge on any atom is -0.481 e. The van der Waals surface area contributed by atoms with Gasteiger partial charge < -0.3 is 15.1 Å². The summed E-state index contributed by atoms with van der Waals surface area (Å²) in [5.41, 5.74) is -7.00. The maximum Gasteiger partial charge on any atom is 0.430 e. The van der Waals surface area contributed by atoms with Gasteiger partial charge >= 0.3 is 18.3 Å². The van der Waals surface area contributed by atoms with Gasteiger partial charge in [0.05, 0.1) is 16.9 Å². The fraction of sp³-hybridized carbons (Fsp3) is 0.517. The number of hydrogen-bond acceptors (Lipinski definition) is 5. The highest BCUT2D eigenvalue weighted by Crippen LogP contribution is 2.55. The molecule has 2 atom stereocenters. The van der Waals surface area contributed by atoms with Gasteiger partial charge in [-0.1, -0.05) is 18.2 Å². The molecule has 2 fully saturated rings. The van der Waals surface area contributed by atoms with Crippen molar-refractivity contribution in [1.29, 1.82) is 0 Å². The van der Waals surface area contributed by atoms with Crippen molar-refractivity contribution in [3.05, 3.63) is 65.0 Å². The summed E-state index contributed by atoms with van der Waals surface area (Å²) in [4.78, 5) is 26.2. The zero-order valence-electron chi connectivity index (χ0n) is 23.0. The molecule has 0 spiro atoms. The third-order valence-corrected chi connectivity index (χ3v) is 12.0. The summed E-state index contributed by atoms with van der Waals surface area (Å²) >= 11 is 0. The van der Waals surface area contributed by atoms with Gasteiger partial charge in [0, 0.05) is 18.0 Å². The summed E-state index contributed by atoms with van der Waals surface area (Å²) in [5, 5.41) is 19.3. The van der Waals surface area contributed by atoms with Gasteiger partial charge in [0.2, 0.25) is 5.91 Å². The van der Waals surface area contributed by atoms with Crippen LogP contribution in [0, 0.1) is 17.7 Å². The van der Waals surface area contributed by atoms with E-state index < -0.39 is 73.7 Å². The zero-order chi connectivity index (χ0) is 32.5. The predicted octanol–water partition coefficient (Wildman–Crippen LogP) is 5.25. The number of carbonyl (C=O) groups is 2. The predicted molar refractivity (Wildman–Crippen MR) is 139 cm³/mol. The number of aryl methyl sites for hydroxylation is 1. The Morgan fingerprint density at radius 3 is 1.98 bits per heavy atom. The molecular weight excluding hydrogens is 623 g/mol. The van der Waals surface area contributed by atoms with Gasteiger partial charge in [0.25, 0.3) is 5.60 Å². The Kier molecular flexibility index (Phi) is 7.84. The minimum absolute atomic E-state index is 0.0982. The lowest BCUT2D eigenvalue weighted by atomic mass is 9.76. The van der Waals surface area contributed by atoms with Crippen LogP contribution in [0.5, 0.6) is 0 Å². The van der Waals surface area contributed by atoms with Gasteiger partial charge in [-0.25, -0.2) is 12.8 Å². The van der Waals surface area contributed by atoms with Crippen molar-refractivity contribution in [3.63, 3.8) is 0 Å². The summed E-state index contributed by atoms with van der Waals surface area (Å²) in [6, 6.07) is 4.50. The molecule has 2 aromatic rings. The van der Waals surface area contributed by atoms with E-state index in [1.165, 1.54) is 4.90 Å². The van der Waals surface area contributed by atoms with Crippen molar-refractivity contribution in [2.75, 3.05) is 6.54 Å². The Labute approximate surface area is 247 Å². The number of hydrogen-bond donors (Lipinski definition) is 2. The Morgan fingerprint density at radius 1 is 0.864 bits per heavy atom. The fourth-order valence-corrected chi connectivity index (χ4v) is 9.52. The Balaban J connectivity index is 1.62. The number of amides is 1. The molecule has 1 aliphatic heterocycles. The molecule has 3 aliphatic rings. The van der Waals surface area contributed by atoms with Crippen molar-refractivity contribution >= 4 is 21.7 Å². The quantitative estimate of drug-likeness (QED) is 0.338. The van der Waals surface area contributed by atoms with E-state index in [-0.39, 0.29) is 67.5 Å². The molecule has 0 unspecified atom stereocenters. The van der Waals surface area contributed by atoms with Gasteiger partial charge in [-0.05, 0) is 80.3 Å². The highest BCUT2D eigenvalue weighted by atomic mass is 32.2. The van der Waals surface area contributed by atoms with Crippen LogP contribution < -0.4 is 0 Å². The molecule has 2 aliphatic carbocycles. The Hall–Kier alpha value is -3.20. The van der Waals surface area contributed by atoms with Crippen LogP contribution in [0.1, 0.15) is 55.2 Å². The molecule has 0 aromatic heterocycles. The largest absolute Gasteiger partial charge is 0.481 e. The number of fused-ring (bicyclic) bond motifs is 3. The highest BCUT2D eigenvalue weighted by Gasteiger charge is 2.72. The van der Waals surface area contributed by atoms with Crippen LogP contribution in [-0.2, 0) is 36.2 Å². The number of carboxylic acid groups (broad SMARTS) is 1. The van der Waals surface area contributed by atoms with Gasteiger partial charge in [0.1, 0.15) is 10.6 Å². The van der Waals surface area contributed by atoms with Crippen LogP contribution in [0.4, 0.5) is 30.7 Å². The van der Waals surface area contributed by atoms with E-state index in [0.717, 1.165) is 30.3 Å². The maximum atomic E-state index is 14.4. The van der Waals surface area contributed by atoms with E-state index in [4.69, 9.17) is 0 Å². The number of aliphatic hydroxyl groups is 1. The van der Waals surface area contributed by atoms with Crippen LogP contribution in [0.25, 0.3) is 0 Å². The zero-order valence-corrected chi connectivity index (χ0v) is 23.8. The summed E-state index contributed by atoms with van der Waals surface area (Å²) < 4.78 is 122. The van der Waals surface area contributed by atoms with Gasteiger partial charge in [0.15, 0.2) is 9.84 Å². The Bertz CT molecular complexity index is 1550. The number of alkyl halides is 6. The molecule has 1 amide bonds. The summed E-state index contributed by atoms with van der Waals surface area (Å²) in [6.45, 7) is -0.0982. The number of sulfone groups is 1. The van der Waals surface area contributed by atoms with E-state index in [2.05, 4.69) is 0 Å². The molecule has 15 heteroatoms. The molecule has 2 aromatic carbocycles. The summed E-state index contributed by atoms with van der Waals surface area (Å²) in [7, 11) is -4.56. The lowest BCUT2D eigenvalue weighted by Crippen LogP contribution is -2.55. The third-order valence-electron chi connectivity index (χ3n) is 9.44. The molecule has 2 N–H and O–H groups in total. The topological polar surface area (TPSA) is 112 Å². The fourth-order valence-electron chi connectivity index (χ4n) is 7.15. The average molecular weight is 652 g/mol. The molecule has 44 heavy (non-hydrogen) atoms. The second-order valence-corrected chi connectivity index (χ2v) is 13.9. The SMILES string of the molecule is O=C(O)[C@H]1CC[C@H](C(=O)N2CC[C@@]3(S(=O)(=O)c4ccc(F)cc4)c4ccc(C(O)(C(F)(F)F)C(F)(F)F)cc4CC[C@@H]23)CC1. The number of carboxylic acids is 1. The smallest absolute Gasteiger partial charge is 0.430 e. The van der Waals surface area contributed by atoms with Crippen LogP contribution in [-0.4, -0.2) is 60.3 Å². The molecule has 0 bridgehead atoms. The first-order valence-corrected chi connectivity index (χ1v) is 15.4. The molecule has 240 valence electrons. The number of nitrogens with zero attached hydrogens (tertiary/aromatic N) is 1. The minimum atomic E-state index is -6.15. The van der Waals surface area contributed by atoms with Crippen LogP contribution in [0.15, 0.2) is 47.4 Å².